The molecule has 1 heterocycles. The minimum atomic E-state index is -0.0425. The summed E-state index contributed by atoms with van der Waals surface area (Å²) in [7, 11) is 0. The second-order valence-corrected chi connectivity index (χ2v) is 6.17. The molecule has 1 aliphatic heterocycles. The number of benzene rings is 1. The van der Waals surface area contributed by atoms with E-state index in [1.807, 2.05) is 12.1 Å². The van der Waals surface area contributed by atoms with Gasteiger partial charge in [0.15, 0.2) is 0 Å². The number of anilines is 1. The molecule has 1 atom stereocenters. The minimum Gasteiger partial charge on any atom is -0.335 e. The van der Waals surface area contributed by atoms with Crippen molar-refractivity contribution in [1.29, 1.82) is 0 Å². The van der Waals surface area contributed by atoms with Gasteiger partial charge in [0.05, 0.1) is 0 Å². The van der Waals surface area contributed by atoms with Gasteiger partial charge in [-0.1, -0.05) is 24.8 Å². The Morgan fingerprint density at radius 1 is 1.26 bits per heavy atom. The topological polar surface area (TPSA) is 49.4 Å². The summed E-state index contributed by atoms with van der Waals surface area (Å²) >= 11 is 0. The van der Waals surface area contributed by atoms with Gasteiger partial charge in [-0.15, -0.1) is 0 Å². The molecule has 1 aromatic carbocycles. The first-order valence-electron chi connectivity index (χ1n) is 8.16. The molecule has 4 nitrogen and oxygen atoms in total. The van der Waals surface area contributed by atoms with E-state index in [0.717, 1.165) is 43.5 Å². The van der Waals surface area contributed by atoms with E-state index in [1.165, 1.54) is 11.6 Å². The number of nitrogens with one attached hydrogen (secondary N) is 1. The number of amides is 2. The van der Waals surface area contributed by atoms with E-state index in [2.05, 4.69) is 30.1 Å². The third kappa shape index (κ3) is 3.52. The van der Waals surface area contributed by atoms with E-state index >= 15 is 0 Å². The van der Waals surface area contributed by atoms with Crippen LogP contribution in [-0.2, 0) is 22.6 Å². The molecule has 1 aromatic rings. The van der Waals surface area contributed by atoms with Gasteiger partial charge in [-0.3, -0.25) is 9.59 Å². The van der Waals surface area contributed by atoms with Gasteiger partial charge in [0.1, 0.15) is 0 Å². The fourth-order valence-corrected chi connectivity index (χ4v) is 3.23. The minimum absolute atomic E-state index is 0.0425. The summed E-state index contributed by atoms with van der Waals surface area (Å²) in [4.78, 5) is 25.9. The highest BCUT2D eigenvalue weighted by atomic mass is 16.2. The van der Waals surface area contributed by atoms with Crippen LogP contribution in [0.2, 0.25) is 0 Å². The monoisotopic (exact) mass is 310 g/mol. The summed E-state index contributed by atoms with van der Waals surface area (Å²) in [5.41, 5.74) is 3.17. The van der Waals surface area contributed by atoms with Gasteiger partial charge in [-0.2, -0.15) is 0 Å². The number of carbonyl (C=O) groups excluding carboxylic acids is 2. The van der Waals surface area contributed by atoms with Crippen LogP contribution in [0, 0.1) is 5.92 Å². The summed E-state index contributed by atoms with van der Waals surface area (Å²) < 4.78 is 0. The molecular formula is C19H22N2O2. The molecule has 0 unspecified atom stereocenters. The number of hydrogen-bond donors (Lipinski definition) is 1. The van der Waals surface area contributed by atoms with Gasteiger partial charge in [0.2, 0.25) is 11.8 Å². The fraction of sp³-hybridized carbons (Fsp3) is 0.368. The zero-order chi connectivity index (χ0) is 16.2. The Bertz CT molecular complexity index is 663. The molecule has 0 bridgehead atoms. The van der Waals surface area contributed by atoms with Crippen molar-refractivity contribution in [3.8, 4) is 0 Å². The lowest BCUT2D eigenvalue weighted by Gasteiger charge is -2.28. The van der Waals surface area contributed by atoms with Gasteiger partial charge in [0, 0.05) is 24.7 Å². The normalized spacial score (nSPS) is 19.8. The molecule has 0 fully saturated rings. The van der Waals surface area contributed by atoms with Gasteiger partial charge >= 0.3 is 0 Å². The second kappa shape index (κ2) is 6.82. The van der Waals surface area contributed by atoms with E-state index in [1.54, 1.807) is 4.90 Å². The number of rotatable bonds is 3. The van der Waals surface area contributed by atoms with Gasteiger partial charge in [0.25, 0.3) is 0 Å². The van der Waals surface area contributed by atoms with Crippen LogP contribution in [-0.4, -0.2) is 23.3 Å². The zero-order valence-corrected chi connectivity index (χ0v) is 13.3. The smallest absolute Gasteiger partial charge is 0.246 e. The summed E-state index contributed by atoms with van der Waals surface area (Å²) in [5, 5.41) is 3.02. The van der Waals surface area contributed by atoms with Crippen LogP contribution in [0.5, 0.6) is 0 Å². The molecular weight excluding hydrogens is 288 g/mol. The van der Waals surface area contributed by atoms with Crippen molar-refractivity contribution < 1.29 is 9.59 Å². The van der Waals surface area contributed by atoms with Crippen molar-refractivity contribution in [1.82, 2.24) is 4.90 Å². The Labute approximate surface area is 136 Å². The summed E-state index contributed by atoms with van der Waals surface area (Å²) in [6.45, 7) is 4.85. The zero-order valence-electron chi connectivity index (χ0n) is 13.3. The predicted octanol–water partition coefficient (Wildman–Crippen LogP) is 3.05. The first-order chi connectivity index (χ1) is 11.2. The number of hydrogen-bond acceptors (Lipinski definition) is 2. The van der Waals surface area contributed by atoms with Gasteiger partial charge in [-0.25, -0.2) is 0 Å². The van der Waals surface area contributed by atoms with E-state index < -0.39 is 0 Å². The molecule has 4 heteroatoms. The van der Waals surface area contributed by atoms with E-state index in [9.17, 15) is 9.59 Å². The van der Waals surface area contributed by atoms with Crippen molar-refractivity contribution in [2.45, 2.75) is 32.2 Å². The molecule has 2 amide bonds. The second-order valence-electron chi connectivity index (χ2n) is 6.17. The van der Waals surface area contributed by atoms with Crippen molar-refractivity contribution in [2.75, 3.05) is 11.9 Å². The maximum atomic E-state index is 12.3. The Hall–Kier alpha value is -2.36. The van der Waals surface area contributed by atoms with Crippen LogP contribution in [0.25, 0.3) is 0 Å². The standard InChI is InChI=1S/C19H22N2O2/c1-2-18(22)21-11-10-14-8-9-17(12-16(14)13-21)20-19(23)15-6-4-3-5-7-15/h2-4,8-9,12,15H,1,5-7,10-11,13H2,(H,20,23)/t15-/m1/s1. The Balaban J connectivity index is 1.70. The van der Waals surface area contributed by atoms with Crippen molar-refractivity contribution >= 4 is 17.5 Å². The first-order valence-corrected chi connectivity index (χ1v) is 8.16. The Kier molecular flexibility index (Phi) is 4.60. The van der Waals surface area contributed by atoms with Crippen LogP contribution in [0.15, 0.2) is 43.0 Å². The third-order valence-corrected chi connectivity index (χ3v) is 4.61. The lowest BCUT2D eigenvalue weighted by molar-refractivity contribution is -0.127. The van der Waals surface area contributed by atoms with Crippen molar-refractivity contribution in [2.24, 2.45) is 5.92 Å². The van der Waals surface area contributed by atoms with Crippen LogP contribution >= 0.6 is 0 Å². The molecule has 23 heavy (non-hydrogen) atoms. The highest BCUT2D eigenvalue weighted by molar-refractivity contribution is 5.93. The lowest BCUT2D eigenvalue weighted by atomic mass is 9.93. The van der Waals surface area contributed by atoms with Crippen LogP contribution < -0.4 is 5.32 Å². The number of allylic oxidation sites excluding steroid dienone is 2. The lowest BCUT2D eigenvalue weighted by Crippen LogP contribution is -2.34. The van der Waals surface area contributed by atoms with E-state index in [4.69, 9.17) is 0 Å². The molecule has 0 saturated carbocycles. The molecule has 0 saturated heterocycles. The average molecular weight is 310 g/mol. The maximum Gasteiger partial charge on any atom is 0.246 e. The fourth-order valence-electron chi connectivity index (χ4n) is 3.23. The van der Waals surface area contributed by atoms with Crippen molar-refractivity contribution in [3.63, 3.8) is 0 Å². The molecule has 1 N–H and O–H groups in total. The molecule has 0 spiro atoms. The highest BCUT2D eigenvalue weighted by Gasteiger charge is 2.21. The number of carbonyl (C=O) groups is 2. The van der Waals surface area contributed by atoms with E-state index in [-0.39, 0.29) is 17.7 Å². The van der Waals surface area contributed by atoms with Crippen LogP contribution in [0.1, 0.15) is 30.4 Å². The summed E-state index contributed by atoms with van der Waals surface area (Å²) in [6, 6.07) is 6.01. The Morgan fingerprint density at radius 3 is 2.87 bits per heavy atom. The van der Waals surface area contributed by atoms with Crippen LogP contribution in [0.3, 0.4) is 0 Å². The summed E-state index contributed by atoms with van der Waals surface area (Å²) in [5.74, 6) is 0.109. The number of nitrogens with zero attached hydrogens (tertiary/aromatic N) is 1. The molecule has 2 aliphatic rings. The molecule has 1 aliphatic carbocycles. The van der Waals surface area contributed by atoms with Crippen molar-refractivity contribution in [3.05, 3.63) is 54.1 Å². The number of fused-ring (bicyclic) bond motifs is 1. The first kappa shape index (κ1) is 15.5. The van der Waals surface area contributed by atoms with Gasteiger partial charge < -0.3 is 10.2 Å². The molecule has 3 rings (SSSR count). The Morgan fingerprint density at radius 2 is 2.13 bits per heavy atom. The van der Waals surface area contributed by atoms with E-state index in [0.29, 0.717) is 6.54 Å². The average Bonchev–Trinajstić information content (AvgIpc) is 2.61. The quantitative estimate of drug-likeness (QED) is 0.689. The maximum absolute atomic E-state index is 12.3. The largest absolute Gasteiger partial charge is 0.335 e. The third-order valence-electron chi connectivity index (χ3n) is 4.61. The highest BCUT2D eigenvalue weighted by Crippen LogP contribution is 2.25. The predicted molar refractivity (Wildman–Crippen MR) is 90.9 cm³/mol. The van der Waals surface area contributed by atoms with Crippen LogP contribution in [0.4, 0.5) is 5.69 Å². The SMILES string of the molecule is C=CC(=O)N1CCc2ccc(NC(=O)[C@@H]3CC=CCC3)cc2C1. The van der Waals surface area contributed by atoms with Gasteiger partial charge in [-0.05, 0) is 55.0 Å². The summed E-state index contributed by atoms with van der Waals surface area (Å²) in [6.07, 6.45) is 9.12. The molecule has 0 radical (unpaired) electrons. The molecule has 0 aromatic heterocycles. The molecule has 120 valence electrons.